The van der Waals surface area contributed by atoms with E-state index in [0.29, 0.717) is 11.4 Å². The lowest BCUT2D eigenvalue weighted by molar-refractivity contribution is 0.152. The summed E-state index contributed by atoms with van der Waals surface area (Å²) in [6, 6.07) is 12.3. The highest BCUT2D eigenvalue weighted by Gasteiger charge is 2.15. The van der Waals surface area contributed by atoms with Crippen LogP contribution in [-0.4, -0.2) is 0 Å². The van der Waals surface area contributed by atoms with Crippen LogP contribution in [0.4, 0.5) is 25.8 Å². The molecule has 0 spiro atoms. The predicted octanol–water partition coefficient (Wildman–Crippen LogP) is 5.25. The zero-order valence-electron chi connectivity index (χ0n) is 12.5. The fourth-order valence-corrected chi connectivity index (χ4v) is 2.08. The molecule has 0 heterocycles. The van der Waals surface area contributed by atoms with Crippen molar-refractivity contribution in [1.29, 1.82) is 0 Å². The molecule has 0 amide bonds. The Kier molecular flexibility index (Phi) is 4.16. The van der Waals surface area contributed by atoms with Crippen LogP contribution in [0.15, 0.2) is 42.5 Å². The number of nitrogen functional groups attached to an aromatic ring is 1. The molecule has 2 rings (SSSR count). The molecule has 0 saturated heterocycles. The molecule has 0 radical (unpaired) electrons. The van der Waals surface area contributed by atoms with Gasteiger partial charge in [0.15, 0.2) is 0 Å². The maximum absolute atomic E-state index is 13.0. The van der Waals surface area contributed by atoms with Crippen molar-refractivity contribution in [2.45, 2.75) is 32.6 Å². The molecular weight excluding hydrogens is 270 g/mol. The number of nitrogens with two attached hydrogens (primary N) is 1. The molecule has 0 aliphatic heterocycles. The van der Waals surface area contributed by atoms with Crippen molar-refractivity contribution in [3.63, 3.8) is 0 Å². The first kappa shape index (κ1) is 15.3. The van der Waals surface area contributed by atoms with Gasteiger partial charge in [0.05, 0.1) is 0 Å². The van der Waals surface area contributed by atoms with Gasteiger partial charge in [-0.1, -0.05) is 32.9 Å². The summed E-state index contributed by atoms with van der Waals surface area (Å²) in [7, 11) is 0. The van der Waals surface area contributed by atoms with E-state index < -0.39 is 6.43 Å². The highest BCUT2D eigenvalue weighted by atomic mass is 19.3. The predicted molar refractivity (Wildman–Crippen MR) is 84.2 cm³/mol. The Morgan fingerprint density at radius 1 is 1.00 bits per heavy atom. The fraction of sp³-hybridized carbons (Fsp3) is 0.294. The number of benzene rings is 2. The second-order valence-electron chi connectivity index (χ2n) is 6.10. The van der Waals surface area contributed by atoms with E-state index in [4.69, 9.17) is 5.73 Å². The van der Waals surface area contributed by atoms with Crippen molar-refractivity contribution in [2.24, 2.45) is 0 Å². The summed E-state index contributed by atoms with van der Waals surface area (Å²) in [6.07, 6.45) is -2.56. The average molecular weight is 290 g/mol. The third-order valence-corrected chi connectivity index (χ3v) is 3.34. The number of halogens is 2. The maximum atomic E-state index is 13.0. The Balaban J connectivity index is 2.26. The van der Waals surface area contributed by atoms with Crippen molar-refractivity contribution in [3.8, 4) is 0 Å². The number of hydrogen-bond acceptors (Lipinski definition) is 2. The fourth-order valence-electron chi connectivity index (χ4n) is 2.08. The first-order valence-corrected chi connectivity index (χ1v) is 6.82. The van der Waals surface area contributed by atoms with Gasteiger partial charge in [-0.3, -0.25) is 0 Å². The first-order valence-electron chi connectivity index (χ1n) is 6.82. The third kappa shape index (κ3) is 3.72. The van der Waals surface area contributed by atoms with E-state index in [-0.39, 0.29) is 11.0 Å². The van der Waals surface area contributed by atoms with E-state index in [1.807, 2.05) is 24.3 Å². The molecule has 0 fully saturated rings. The topological polar surface area (TPSA) is 38.0 Å². The van der Waals surface area contributed by atoms with Crippen LogP contribution >= 0.6 is 0 Å². The van der Waals surface area contributed by atoms with Gasteiger partial charge in [0.1, 0.15) is 0 Å². The van der Waals surface area contributed by atoms with Crippen LogP contribution < -0.4 is 11.1 Å². The summed E-state index contributed by atoms with van der Waals surface area (Å²) in [5, 5.41) is 3.02. The molecule has 0 bridgehead atoms. The van der Waals surface area contributed by atoms with Crippen LogP contribution in [0.25, 0.3) is 0 Å². The van der Waals surface area contributed by atoms with Crippen molar-refractivity contribution in [2.75, 3.05) is 11.1 Å². The van der Waals surface area contributed by atoms with Crippen LogP contribution in [0.2, 0.25) is 0 Å². The first-order chi connectivity index (χ1) is 9.77. The van der Waals surface area contributed by atoms with Gasteiger partial charge in [0.2, 0.25) is 0 Å². The molecule has 21 heavy (non-hydrogen) atoms. The summed E-state index contributed by atoms with van der Waals surface area (Å²) in [5.74, 6) is 0. The van der Waals surface area contributed by atoms with Crippen molar-refractivity contribution in [1.82, 2.24) is 0 Å². The normalized spacial score (nSPS) is 11.7. The van der Waals surface area contributed by atoms with Crippen molar-refractivity contribution in [3.05, 3.63) is 53.6 Å². The monoisotopic (exact) mass is 290 g/mol. The number of nitrogens with one attached hydrogen (secondary N) is 1. The highest BCUT2D eigenvalue weighted by Crippen LogP contribution is 2.31. The van der Waals surface area contributed by atoms with Crippen molar-refractivity contribution < 1.29 is 8.78 Å². The second kappa shape index (κ2) is 5.72. The SMILES string of the molecule is CC(C)(C)c1ccc(Nc2ccc(N)cc2C(F)F)cc1. The number of hydrogen-bond donors (Lipinski definition) is 2. The second-order valence-corrected chi connectivity index (χ2v) is 6.10. The van der Waals surface area contributed by atoms with E-state index >= 15 is 0 Å². The summed E-state index contributed by atoms with van der Waals surface area (Å²) in [6.45, 7) is 6.39. The lowest BCUT2D eigenvalue weighted by Crippen LogP contribution is -2.10. The molecule has 3 N–H and O–H groups in total. The van der Waals surface area contributed by atoms with Gasteiger partial charge in [-0.25, -0.2) is 8.78 Å². The van der Waals surface area contributed by atoms with E-state index in [1.165, 1.54) is 11.6 Å². The van der Waals surface area contributed by atoms with Crippen LogP contribution in [0.3, 0.4) is 0 Å². The van der Waals surface area contributed by atoms with Crippen LogP contribution in [0.5, 0.6) is 0 Å². The molecule has 4 heteroatoms. The highest BCUT2D eigenvalue weighted by molar-refractivity contribution is 5.66. The molecule has 2 aromatic rings. The van der Waals surface area contributed by atoms with Gasteiger partial charge >= 0.3 is 0 Å². The smallest absolute Gasteiger partial charge is 0.265 e. The summed E-state index contributed by atoms with van der Waals surface area (Å²) in [5.41, 5.74) is 8.22. The minimum atomic E-state index is -2.56. The number of alkyl halides is 2. The van der Waals surface area contributed by atoms with Gasteiger partial charge in [0.25, 0.3) is 6.43 Å². The standard InChI is InChI=1S/C17H20F2N2/c1-17(2,3)11-4-7-13(8-5-11)21-15-9-6-12(20)10-14(15)16(18)19/h4-10,16,21H,20H2,1-3H3. The van der Waals surface area contributed by atoms with Gasteiger partial charge < -0.3 is 11.1 Å². The van der Waals surface area contributed by atoms with Gasteiger partial charge in [0, 0.05) is 22.6 Å². The lowest BCUT2D eigenvalue weighted by Gasteiger charge is -2.19. The maximum Gasteiger partial charge on any atom is 0.265 e. The molecule has 0 aliphatic carbocycles. The Labute approximate surface area is 124 Å². The summed E-state index contributed by atoms with van der Waals surface area (Å²) in [4.78, 5) is 0. The molecule has 0 aromatic heterocycles. The van der Waals surface area contributed by atoms with E-state index in [2.05, 4.69) is 26.1 Å². The molecule has 0 saturated carbocycles. The minimum Gasteiger partial charge on any atom is -0.399 e. The zero-order chi connectivity index (χ0) is 15.6. The van der Waals surface area contributed by atoms with E-state index in [1.54, 1.807) is 12.1 Å². The van der Waals surface area contributed by atoms with Gasteiger partial charge in [-0.15, -0.1) is 0 Å². The third-order valence-electron chi connectivity index (χ3n) is 3.34. The Morgan fingerprint density at radius 3 is 2.14 bits per heavy atom. The number of rotatable bonds is 3. The zero-order valence-corrected chi connectivity index (χ0v) is 12.5. The Bertz CT molecular complexity index is 614. The average Bonchev–Trinajstić information content (AvgIpc) is 2.40. The van der Waals surface area contributed by atoms with Crippen LogP contribution in [0, 0.1) is 0 Å². The quantitative estimate of drug-likeness (QED) is 0.758. The molecule has 0 unspecified atom stereocenters. The van der Waals surface area contributed by atoms with Gasteiger partial charge in [-0.2, -0.15) is 0 Å². The molecule has 2 nitrogen and oxygen atoms in total. The summed E-state index contributed by atoms with van der Waals surface area (Å²) >= 11 is 0. The minimum absolute atomic E-state index is 0.0634. The molecular formula is C17H20F2N2. The lowest BCUT2D eigenvalue weighted by atomic mass is 9.87. The van der Waals surface area contributed by atoms with Crippen LogP contribution in [-0.2, 0) is 5.41 Å². The molecule has 0 atom stereocenters. The Hall–Kier alpha value is -2.10. The van der Waals surface area contributed by atoms with Crippen LogP contribution in [0.1, 0.15) is 38.3 Å². The largest absolute Gasteiger partial charge is 0.399 e. The summed E-state index contributed by atoms with van der Waals surface area (Å²) < 4.78 is 26.1. The van der Waals surface area contributed by atoms with Crippen molar-refractivity contribution >= 4 is 17.1 Å². The molecule has 2 aromatic carbocycles. The van der Waals surface area contributed by atoms with E-state index in [0.717, 1.165) is 5.69 Å². The molecule has 0 aliphatic rings. The number of anilines is 3. The van der Waals surface area contributed by atoms with E-state index in [9.17, 15) is 8.78 Å². The molecule has 112 valence electrons. The van der Waals surface area contributed by atoms with Gasteiger partial charge in [-0.05, 0) is 41.3 Å². The Morgan fingerprint density at radius 2 is 1.62 bits per heavy atom.